The molecule has 0 fully saturated rings. The van der Waals surface area contributed by atoms with E-state index in [4.69, 9.17) is 0 Å². The number of hydrogen-bond donors (Lipinski definition) is 0. The zero-order valence-electron chi connectivity index (χ0n) is 6.86. The van der Waals surface area contributed by atoms with Crippen LogP contribution in [0.3, 0.4) is 0 Å². The van der Waals surface area contributed by atoms with Gasteiger partial charge in [0, 0.05) is 0 Å². The molecule has 70 valence electrons. The van der Waals surface area contributed by atoms with Crippen LogP contribution >= 0.6 is 12.3 Å². The molecule has 7 heteroatoms. The highest BCUT2D eigenvalue weighted by molar-refractivity contribution is 7.89. The van der Waals surface area contributed by atoms with Gasteiger partial charge in [0.05, 0.1) is 28.4 Å². The first-order valence-corrected chi connectivity index (χ1v) is 4.13. The molecule has 0 rings (SSSR count). The van der Waals surface area contributed by atoms with Crippen molar-refractivity contribution in [3.8, 4) is 0 Å². The van der Waals surface area contributed by atoms with Gasteiger partial charge < -0.3 is 0 Å². The molecule has 0 aliphatic heterocycles. The Labute approximate surface area is 73.6 Å². The van der Waals surface area contributed by atoms with E-state index in [0.29, 0.717) is 0 Å². The maximum atomic E-state index is 9.85. The predicted octanol–water partition coefficient (Wildman–Crippen LogP) is 0.700. The number of rotatable bonds is 4. The molecule has 0 heterocycles. The molecular weight excluding hydrogens is 192 g/mol. The van der Waals surface area contributed by atoms with Crippen LogP contribution in [0.4, 0.5) is 0 Å². The quantitative estimate of drug-likeness (QED) is 0.628. The van der Waals surface area contributed by atoms with Crippen LogP contribution in [-0.4, -0.2) is 32.6 Å². The van der Waals surface area contributed by atoms with Crippen molar-refractivity contribution >= 4 is 23.7 Å². The second-order valence-electron chi connectivity index (χ2n) is 0.939. The summed E-state index contributed by atoms with van der Waals surface area (Å²) in [6, 6.07) is 0. The minimum atomic E-state index is -1.53. The largest absolute Gasteiger partial charge is 0.304 e. The van der Waals surface area contributed by atoms with Crippen LogP contribution in [0.1, 0.15) is 0 Å². The van der Waals surface area contributed by atoms with Gasteiger partial charge in [-0.1, -0.05) is 0 Å². The molecule has 0 aliphatic carbocycles. The molecule has 0 saturated heterocycles. The van der Waals surface area contributed by atoms with Crippen molar-refractivity contribution < 1.29 is 20.9 Å². The molecule has 0 unspecified atom stereocenters. The highest BCUT2D eigenvalue weighted by atomic mass is 32.2. The summed E-state index contributed by atoms with van der Waals surface area (Å²) in [7, 11) is 5.71. The van der Waals surface area contributed by atoms with Gasteiger partial charge in [-0.25, -0.2) is 0 Å². The van der Waals surface area contributed by atoms with E-state index in [2.05, 4.69) is 16.7 Å². The second kappa shape index (κ2) is 13.0. The summed E-state index contributed by atoms with van der Waals surface area (Å²) in [6.07, 6.45) is 0. The maximum absolute atomic E-state index is 9.85. The lowest BCUT2D eigenvalue weighted by Gasteiger charge is -1.86. The minimum Gasteiger partial charge on any atom is -0.295 e. The van der Waals surface area contributed by atoms with Gasteiger partial charge in [0.25, 0.3) is 0 Å². The van der Waals surface area contributed by atoms with Gasteiger partial charge in [-0.2, -0.15) is 4.21 Å². The summed E-state index contributed by atoms with van der Waals surface area (Å²) >= 11 is -0.571. The van der Waals surface area contributed by atoms with Gasteiger partial charge in [0.2, 0.25) is 0 Å². The SMILES string of the molecule is COS(=O)OC.COSOC. The molecule has 0 aliphatic rings. The van der Waals surface area contributed by atoms with Crippen molar-refractivity contribution in [2.24, 2.45) is 0 Å². The molecule has 0 N–H and O–H groups in total. The molecule has 0 spiro atoms. The molecule has 11 heavy (non-hydrogen) atoms. The lowest BCUT2D eigenvalue weighted by molar-refractivity contribution is 0.334. The van der Waals surface area contributed by atoms with Crippen LogP contribution in [-0.2, 0) is 28.1 Å². The van der Waals surface area contributed by atoms with E-state index in [-0.39, 0.29) is 0 Å². The van der Waals surface area contributed by atoms with E-state index in [1.54, 1.807) is 14.2 Å². The van der Waals surface area contributed by atoms with Gasteiger partial charge >= 0.3 is 11.4 Å². The van der Waals surface area contributed by atoms with E-state index in [9.17, 15) is 4.21 Å². The van der Waals surface area contributed by atoms with Crippen LogP contribution in [0, 0.1) is 0 Å². The van der Waals surface area contributed by atoms with Gasteiger partial charge in [-0.15, -0.1) is 0 Å². The molecule has 0 amide bonds. The number of hydrogen-bond acceptors (Lipinski definition) is 6. The van der Waals surface area contributed by atoms with E-state index >= 15 is 0 Å². The van der Waals surface area contributed by atoms with E-state index in [1.165, 1.54) is 14.2 Å². The van der Waals surface area contributed by atoms with Crippen LogP contribution in [0.25, 0.3) is 0 Å². The Bertz CT molecular complexity index is 80.6. The minimum absolute atomic E-state index is 0.963. The zero-order chi connectivity index (χ0) is 9.11. The first-order chi connectivity index (χ1) is 5.22. The van der Waals surface area contributed by atoms with Crippen LogP contribution in [0.2, 0.25) is 0 Å². The van der Waals surface area contributed by atoms with Crippen molar-refractivity contribution in [1.82, 2.24) is 0 Å². The molecule has 0 aromatic heterocycles. The third-order valence-electron chi connectivity index (χ3n) is 0.408. The molecule has 0 atom stereocenters. The first kappa shape index (κ1) is 13.9. The van der Waals surface area contributed by atoms with Crippen molar-refractivity contribution in [1.29, 1.82) is 0 Å². The van der Waals surface area contributed by atoms with Crippen molar-refractivity contribution in [2.45, 2.75) is 0 Å². The van der Waals surface area contributed by atoms with E-state index in [1.807, 2.05) is 0 Å². The Morgan fingerprint density at radius 3 is 1.36 bits per heavy atom. The Kier molecular flexibility index (Phi) is 16.4. The molecule has 0 bridgehead atoms. The van der Waals surface area contributed by atoms with E-state index in [0.717, 1.165) is 12.3 Å². The molecule has 0 radical (unpaired) electrons. The average Bonchev–Trinajstić information content (AvgIpc) is 2.06. The van der Waals surface area contributed by atoms with Crippen molar-refractivity contribution in [3.63, 3.8) is 0 Å². The molecule has 0 saturated carbocycles. The molecule has 5 nitrogen and oxygen atoms in total. The highest BCUT2D eigenvalue weighted by Gasteiger charge is 1.84. The summed E-state index contributed by atoms with van der Waals surface area (Å²) in [4.78, 5) is 0. The standard InChI is InChI=1S/C2H6O3S.C2H6O2S/c1-4-6(3)5-2;1-3-5-4-2/h1-2H3;1-2H3. The topological polar surface area (TPSA) is 54.0 Å². The highest BCUT2D eigenvalue weighted by Crippen LogP contribution is 1.94. The molecular formula is C4H12O5S2. The Morgan fingerprint density at radius 2 is 1.36 bits per heavy atom. The van der Waals surface area contributed by atoms with Gasteiger partial charge in [0.1, 0.15) is 0 Å². The maximum Gasteiger partial charge on any atom is 0.304 e. The normalized spacial score (nSPS) is 9.18. The Morgan fingerprint density at radius 1 is 1.00 bits per heavy atom. The lowest BCUT2D eigenvalue weighted by Crippen LogP contribution is -1.91. The van der Waals surface area contributed by atoms with Gasteiger partial charge in [-0.3, -0.25) is 16.7 Å². The van der Waals surface area contributed by atoms with Crippen LogP contribution in [0.15, 0.2) is 0 Å². The van der Waals surface area contributed by atoms with Crippen molar-refractivity contribution in [3.05, 3.63) is 0 Å². The third kappa shape index (κ3) is 17.9. The second-order valence-corrected chi connectivity index (χ2v) is 2.82. The summed E-state index contributed by atoms with van der Waals surface area (Å²) in [5.41, 5.74) is 0. The first-order valence-electron chi connectivity index (χ1n) is 2.47. The Hall–Kier alpha value is 0.340. The summed E-state index contributed by atoms with van der Waals surface area (Å²) in [6.45, 7) is 0. The van der Waals surface area contributed by atoms with Crippen molar-refractivity contribution in [2.75, 3.05) is 28.4 Å². The van der Waals surface area contributed by atoms with Gasteiger partial charge in [0.15, 0.2) is 12.3 Å². The third-order valence-corrected chi connectivity index (χ3v) is 1.22. The average molecular weight is 204 g/mol. The lowest BCUT2D eigenvalue weighted by atomic mass is 11.8. The zero-order valence-corrected chi connectivity index (χ0v) is 8.49. The predicted molar refractivity (Wildman–Crippen MR) is 43.8 cm³/mol. The molecule has 0 aromatic rings. The summed E-state index contributed by atoms with van der Waals surface area (Å²) in [5, 5.41) is 0. The molecule has 0 aromatic carbocycles. The van der Waals surface area contributed by atoms with Crippen LogP contribution < -0.4 is 0 Å². The Balaban J connectivity index is 0. The van der Waals surface area contributed by atoms with Crippen LogP contribution in [0.5, 0.6) is 0 Å². The summed E-state index contributed by atoms with van der Waals surface area (Å²) < 4.78 is 26.9. The smallest absolute Gasteiger partial charge is 0.295 e. The summed E-state index contributed by atoms with van der Waals surface area (Å²) in [5.74, 6) is 0. The monoisotopic (exact) mass is 204 g/mol. The van der Waals surface area contributed by atoms with Gasteiger partial charge in [-0.05, 0) is 0 Å². The fourth-order valence-corrected chi connectivity index (χ4v) is 0.408. The fraction of sp³-hybridized carbons (Fsp3) is 1.00. The van der Waals surface area contributed by atoms with E-state index < -0.39 is 11.4 Å². The fourth-order valence-electron chi connectivity index (χ4n) is 0.136.